The number of nitrogens with one attached hydrogen (secondary N) is 1. The van der Waals surface area contributed by atoms with Crippen LogP contribution in [0.3, 0.4) is 0 Å². The Kier molecular flexibility index (Phi) is 8.39. The SMILES string of the molecule is CC(=O)NC(CO[Si](C)(C)C)(CO[Si](C)(C)C)CO[Si](C)(C)C. The molecule has 1 amide bonds. The highest BCUT2D eigenvalue weighted by molar-refractivity contribution is 6.70. The second-order valence-corrected chi connectivity index (χ2v) is 22.7. The highest BCUT2D eigenvalue weighted by Crippen LogP contribution is 2.18. The van der Waals surface area contributed by atoms with E-state index in [9.17, 15) is 4.79 Å². The van der Waals surface area contributed by atoms with Crippen LogP contribution in [0.5, 0.6) is 0 Å². The van der Waals surface area contributed by atoms with Gasteiger partial charge in [-0.1, -0.05) is 0 Å². The fraction of sp³-hybridized carbons (Fsp3) is 0.933. The fourth-order valence-electron chi connectivity index (χ4n) is 1.67. The lowest BCUT2D eigenvalue weighted by atomic mass is 10.0. The third-order valence-corrected chi connectivity index (χ3v) is 5.82. The van der Waals surface area contributed by atoms with Gasteiger partial charge in [0.05, 0.1) is 19.8 Å². The second-order valence-electron chi connectivity index (χ2n) is 9.16. The van der Waals surface area contributed by atoms with Crippen molar-refractivity contribution in [2.24, 2.45) is 0 Å². The van der Waals surface area contributed by atoms with Gasteiger partial charge in [0.1, 0.15) is 5.54 Å². The van der Waals surface area contributed by atoms with Gasteiger partial charge in [-0.2, -0.15) is 0 Å². The van der Waals surface area contributed by atoms with Crippen LogP contribution in [0.25, 0.3) is 0 Å². The number of amides is 1. The first-order chi connectivity index (χ1) is 10.0. The van der Waals surface area contributed by atoms with Crippen molar-refractivity contribution in [3.05, 3.63) is 0 Å². The molecular weight excluding hydrogens is 342 g/mol. The van der Waals surface area contributed by atoms with Gasteiger partial charge in [0.2, 0.25) is 5.91 Å². The highest BCUT2D eigenvalue weighted by atomic mass is 28.4. The van der Waals surface area contributed by atoms with E-state index in [1.807, 2.05) is 0 Å². The summed E-state index contributed by atoms with van der Waals surface area (Å²) in [6.07, 6.45) is 0. The molecule has 0 aliphatic carbocycles. The van der Waals surface area contributed by atoms with E-state index >= 15 is 0 Å². The summed E-state index contributed by atoms with van der Waals surface area (Å²) in [6.45, 7) is 22.1. The molecule has 8 heteroatoms. The lowest BCUT2D eigenvalue weighted by molar-refractivity contribution is -0.122. The topological polar surface area (TPSA) is 56.8 Å². The second kappa shape index (κ2) is 8.39. The van der Waals surface area contributed by atoms with E-state index in [0.717, 1.165) is 0 Å². The molecule has 0 bridgehead atoms. The maximum Gasteiger partial charge on any atom is 0.217 e. The molecule has 0 heterocycles. The number of hydrogen-bond donors (Lipinski definition) is 1. The summed E-state index contributed by atoms with van der Waals surface area (Å²) >= 11 is 0. The van der Waals surface area contributed by atoms with Gasteiger partial charge in [0.15, 0.2) is 25.0 Å². The summed E-state index contributed by atoms with van der Waals surface area (Å²) in [4.78, 5) is 11.8. The predicted molar refractivity (Wildman–Crippen MR) is 104 cm³/mol. The molecule has 0 atom stereocenters. The average Bonchev–Trinajstić information content (AvgIpc) is 2.27. The van der Waals surface area contributed by atoms with Gasteiger partial charge in [-0.25, -0.2) is 0 Å². The van der Waals surface area contributed by atoms with Gasteiger partial charge in [-0.05, 0) is 58.9 Å². The van der Waals surface area contributed by atoms with Crippen LogP contribution in [-0.2, 0) is 18.1 Å². The Labute approximate surface area is 145 Å². The Hall–Kier alpha value is 0.000649. The lowest BCUT2D eigenvalue weighted by Gasteiger charge is -2.39. The van der Waals surface area contributed by atoms with Crippen molar-refractivity contribution in [1.29, 1.82) is 0 Å². The molecule has 0 saturated carbocycles. The zero-order valence-electron chi connectivity index (χ0n) is 16.8. The minimum absolute atomic E-state index is 0.0810. The average molecular weight is 380 g/mol. The molecule has 0 spiro atoms. The molecule has 0 radical (unpaired) electrons. The van der Waals surface area contributed by atoms with Gasteiger partial charge in [0.25, 0.3) is 0 Å². The van der Waals surface area contributed by atoms with E-state index in [2.05, 4.69) is 64.2 Å². The van der Waals surface area contributed by atoms with Gasteiger partial charge in [-0.15, -0.1) is 0 Å². The van der Waals surface area contributed by atoms with Crippen LogP contribution in [0.4, 0.5) is 0 Å². The Morgan fingerprint density at radius 2 is 1.00 bits per heavy atom. The smallest absolute Gasteiger partial charge is 0.217 e. The van der Waals surface area contributed by atoms with Crippen molar-refractivity contribution in [3.8, 4) is 0 Å². The van der Waals surface area contributed by atoms with Crippen LogP contribution in [0.1, 0.15) is 6.92 Å². The van der Waals surface area contributed by atoms with E-state index in [1.165, 1.54) is 6.92 Å². The molecule has 0 rings (SSSR count). The van der Waals surface area contributed by atoms with Crippen LogP contribution >= 0.6 is 0 Å². The summed E-state index contributed by atoms with van der Waals surface area (Å²) in [5.41, 5.74) is -0.618. The zero-order chi connectivity index (χ0) is 18.5. The molecule has 0 aromatic rings. The van der Waals surface area contributed by atoms with Crippen LogP contribution < -0.4 is 5.32 Å². The monoisotopic (exact) mass is 379 g/mol. The molecule has 138 valence electrons. The third-order valence-electron chi connectivity index (χ3n) is 2.79. The molecule has 0 aromatic heterocycles. The molecule has 0 saturated heterocycles. The first-order valence-electron chi connectivity index (χ1n) is 8.24. The quantitative estimate of drug-likeness (QED) is 0.591. The van der Waals surface area contributed by atoms with Gasteiger partial charge in [-0.3, -0.25) is 4.79 Å². The van der Waals surface area contributed by atoms with Gasteiger partial charge >= 0.3 is 0 Å². The Balaban J connectivity index is 5.29. The molecule has 0 unspecified atom stereocenters. The standard InChI is InChI=1S/C15H37NO4Si3/c1-14(17)16-15(11-18-21(2,3)4,12-19-22(5,6)7)13-20-23(8,9)10/h11-13H2,1-10H3,(H,16,17). The van der Waals surface area contributed by atoms with E-state index < -0.39 is 30.5 Å². The summed E-state index contributed by atoms with van der Waals surface area (Å²) in [5, 5.41) is 3.06. The summed E-state index contributed by atoms with van der Waals surface area (Å²) in [5.74, 6) is -0.0810. The number of hydrogen-bond acceptors (Lipinski definition) is 4. The van der Waals surface area contributed by atoms with Crippen molar-refractivity contribution in [2.75, 3.05) is 19.8 Å². The first-order valence-corrected chi connectivity index (χ1v) is 18.5. The number of rotatable bonds is 10. The molecule has 1 N–H and O–H groups in total. The number of carbonyl (C=O) groups is 1. The fourth-order valence-corrected chi connectivity index (χ4v) is 3.80. The summed E-state index contributed by atoms with van der Waals surface area (Å²) in [7, 11) is -5.12. The minimum Gasteiger partial charge on any atom is -0.415 e. The van der Waals surface area contributed by atoms with Crippen LogP contribution in [0, 0.1) is 0 Å². The summed E-state index contributed by atoms with van der Waals surface area (Å²) in [6, 6.07) is 0. The Morgan fingerprint density at radius 1 is 0.739 bits per heavy atom. The van der Waals surface area contributed by atoms with Gasteiger partial charge in [0, 0.05) is 6.92 Å². The van der Waals surface area contributed by atoms with Crippen LogP contribution in [0.2, 0.25) is 58.9 Å². The Bertz CT molecular complexity index is 338. The van der Waals surface area contributed by atoms with Crippen molar-refractivity contribution < 1.29 is 18.1 Å². The highest BCUT2D eigenvalue weighted by Gasteiger charge is 2.37. The molecule has 0 fully saturated rings. The predicted octanol–water partition coefficient (Wildman–Crippen LogP) is 3.42. The number of carbonyl (C=O) groups excluding carboxylic acids is 1. The maximum absolute atomic E-state index is 11.8. The van der Waals surface area contributed by atoms with E-state index in [1.54, 1.807) is 0 Å². The normalized spacial score (nSPS) is 14.0. The molecule has 0 aliphatic rings. The molecule has 23 heavy (non-hydrogen) atoms. The van der Waals surface area contributed by atoms with Gasteiger partial charge < -0.3 is 18.6 Å². The molecular formula is C15H37NO4Si3. The minimum atomic E-state index is -1.71. The zero-order valence-corrected chi connectivity index (χ0v) is 19.8. The lowest BCUT2D eigenvalue weighted by Crippen LogP contribution is -2.61. The Morgan fingerprint density at radius 3 is 1.17 bits per heavy atom. The maximum atomic E-state index is 11.8. The van der Waals surface area contributed by atoms with E-state index in [4.69, 9.17) is 13.3 Å². The van der Waals surface area contributed by atoms with Crippen molar-refractivity contribution >= 4 is 30.9 Å². The van der Waals surface area contributed by atoms with Crippen molar-refractivity contribution in [1.82, 2.24) is 5.32 Å². The molecule has 0 aliphatic heterocycles. The van der Waals surface area contributed by atoms with E-state index in [-0.39, 0.29) is 5.91 Å². The first kappa shape index (κ1) is 23.0. The van der Waals surface area contributed by atoms with Crippen molar-refractivity contribution in [3.63, 3.8) is 0 Å². The van der Waals surface area contributed by atoms with Crippen LogP contribution in [0.15, 0.2) is 0 Å². The largest absolute Gasteiger partial charge is 0.415 e. The molecule has 5 nitrogen and oxygen atoms in total. The van der Waals surface area contributed by atoms with Crippen molar-refractivity contribution in [2.45, 2.75) is 71.4 Å². The van der Waals surface area contributed by atoms with Crippen LogP contribution in [-0.4, -0.2) is 56.2 Å². The summed E-state index contributed by atoms with van der Waals surface area (Å²) < 4.78 is 18.4. The van der Waals surface area contributed by atoms with E-state index in [0.29, 0.717) is 19.8 Å². The third kappa shape index (κ3) is 13.0. The molecule has 0 aromatic carbocycles.